The number of primary amides is 1. The SMILES string of the molecule is NC(=O)c1ccc(Oc2ccc3c(c2)CCC3N2CCC(c3ccccc3)C2)nc1. The molecule has 0 radical (unpaired) electrons. The number of rotatable bonds is 5. The van der Waals surface area contributed by atoms with E-state index in [0.717, 1.165) is 31.7 Å². The molecule has 2 heterocycles. The Balaban J connectivity index is 1.28. The number of aryl methyl sites for hydroxylation is 1. The van der Waals surface area contributed by atoms with E-state index in [1.165, 1.54) is 29.3 Å². The van der Waals surface area contributed by atoms with Crippen LogP contribution in [0.1, 0.15) is 51.8 Å². The summed E-state index contributed by atoms with van der Waals surface area (Å²) in [4.78, 5) is 18.0. The summed E-state index contributed by atoms with van der Waals surface area (Å²) in [6, 6.07) is 21.0. The lowest BCUT2D eigenvalue weighted by Crippen LogP contribution is -2.24. The molecular formula is C25H25N3O2. The molecule has 2 atom stereocenters. The first-order valence-electron chi connectivity index (χ1n) is 10.5. The Bertz CT molecular complexity index is 1050. The van der Waals surface area contributed by atoms with Crippen molar-refractivity contribution in [3.05, 3.63) is 89.1 Å². The van der Waals surface area contributed by atoms with E-state index in [1.807, 2.05) is 6.07 Å². The number of nitrogens with zero attached hydrogens (tertiary/aromatic N) is 2. The molecule has 1 fully saturated rings. The highest BCUT2D eigenvalue weighted by molar-refractivity contribution is 5.92. The highest BCUT2D eigenvalue weighted by Gasteiger charge is 2.33. The van der Waals surface area contributed by atoms with Gasteiger partial charge in [-0.3, -0.25) is 9.69 Å². The van der Waals surface area contributed by atoms with Crippen LogP contribution in [0.15, 0.2) is 66.9 Å². The van der Waals surface area contributed by atoms with E-state index in [1.54, 1.807) is 12.1 Å². The predicted molar refractivity (Wildman–Crippen MR) is 116 cm³/mol. The van der Waals surface area contributed by atoms with Gasteiger partial charge in [-0.25, -0.2) is 4.98 Å². The smallest absolute Gasteiger partial charge is 0.250 e. The lowest BCUT2D eigenvalue weighted by atomic mass is 9.98. The molecule has 1 saturated heterocycles. The van der Waals surface area contributed by atoms with Gasteiger partial charge in [-0.05, 0) is 66.6 Å². The number of fused-ring (bicyclic) bond motifs is 1. The number of amides is 1. The zero-order valence-corrected chi connectivity index (χ0v) is 16.8. The van der Waals surface area contributed by atoms with E-state index in [-0.39, 0.29) is 0 Å². The summed E-state index contributed by atoms with van der Waals surface area (Å²) >= 11 is 0. The molecule has 1 aromatic heterocycles. The quantitative estimate of drug-likeness (QED) is 0.688. The number of pyridine rings is 1. The van der Waals surface area contributed by atoms with Crippen molar-refractivity contribution >= 4 is 5.91 Å². The summed E-state index contributed by atoms with van der Waals surface area (Å²) in [6.07, 6.45) is 4.89. The second-order valence-electron chi connectivity index (χ2n) is 8.16. The second kappa shape index (κ2) is 7.92. The van der Waals surface area contributed by atoms with Crippen molar-refractivity contribution in [2.45, 2.75) is 31.2 Å². The van der Waals surface area contributed by atoms with E-state index in [9.17, 15) is 4.79 Å². The van der Waals surface area contributed by atoms with Crippen LogP contribution < -0.4 is 10.5 Å². The molecule has 1 amide bonds. The van der Waals surface area contributed by atoms with Crippen LogP contribution in [0.5, 0.6) is 11.6 Å². The van der Waals surface area contributed by atoms with Gasteiger partial charge in [0.25, 0.3) is 0 Å². The molecule has 30 heavy (non-hydrogen) atoms. The second-order valence-corrected chi connectivity index (χ2v) is 8.16. The molecule has 152 valence electrons. The Morgan fingerprint density at radius 1 is 1.07 bits per heavy atom. The number of hydrogen-bond donors (Lipinski definition) is 1. The van der Waals surface area contributed by atoms with Crippen molar-refractivity contribution in [3.63, 3.8) is 0 Å². The standard InChI is InChI=1S/C25H25N3O2/c26-25(29)19-7-11-24(27-15-19)30-21-8-9-22-18(14-21)6-10-23(22)28-13-12-20(16-28)17-4-2-1-3-5-17/h1-5,7-9,11,14-15,20,23H,6,10,12-13,16H2,(H2,26,29). The van der Waals surface area contributed by atoms with Gasteiger partial charge in [-0.15, -0.1) is 0 Å². The fourth-order valence-corrected chi connectivity index (χ4v) is 4.79. The maximum Gasteiger partial charge on any atom is 0.250 e. The molecule has 5 heteroatoms. The first kappa shape index (κ1) is 18.8. The first-order valence-corrected chi connectivity index (χ1v) is 10.5. The van der Waals surface area contributed by atoms with Crippen LogP contribution in [0.25, 0.3) is 0 Å². The van der Waals surface area contributed by atoms with Gasteiger partial charge in [0.2, 0.25) is 11.8 Å². The number of aromatic nitrogens is 1. The van der Waals surface area contributed by atoms with Crippen LogP contribution in [-0.4, -0.2) is 28.9 Å². The third kappa shape index (κ3) is 3.68. The molecule has 1 aliphatic heterocycles. The largest absolute Gasteiger partial charge is 0.439 e. The normalized spacial score (nSPS) is 20.8. The summed E-state index contributed by atoms with van der Waals surface area (Å²) in [5.74, 6) is 1.37. The van der Waals surface area contributed by atoms with Gasteiger partial charge in [-0.1, -0.05) is 36.4 Å². The fraction of sp³-hybridized carbons (Fsp3) is 0.280. The van der Waals surface area contributed by atoms with Gasteiger partial charge in [-0.2, -0.15) is 0 Å². The van der Waals surface area contributed by atoms with Gasteiger partial charge in [0, 0.05) is 24.8 Å². The minimum absolute atomic E-state index is 0.374. The summed E-state index contributed by atoms with van der Waals surface area (Å²) in [5, 5.41) is 0. The average molecular weight is 399 g/mol. The van der Waals surface area contributed by atoms with E-state index >= 15 is 0 Å². The molecule has 0 saturated carbocycles. The van der Waals surface area contributed by atoms with Crippen molar-refractivity contribution < 1.29 is 9.53 Å². The Labute approximate surface area is 176 Å². The predicted octanol–water partition coefficient (Wildman–Crippen LogP) is 4.45. The van der Waals surface area contributed by atoms with E-state index < -0.39 is 5.91 Å². The van der Waals surface area contributed by atoms with Crippen LogP contribution in [0.3, 0.4) is 0 Å². The maximum absolute atomic E-state index is 11.2. The van der Waals surface area contributed by atoms with E-state index in [0.29, 0.717) is 23.4 Å². The molecule has 2 N–H and O–H groups in total. The highest BCUT2D eigenvalue weighted by atomic mass is 16.5. The number of likely N-dealkylation sites (tertiary alicyclic amines) is 1. The van der Waals surface area contributed by atoms with Gasteiger partial charge in [0.1, 0.15) is 5.75 Å². The molecule has 1 aliphatic carbocycles. The number of hydrogen-bond acceptors (Lipinski definition) is 4. The monoisotopic (exact) mass is 399 g/mol. The third-order valence-electron chi connectivity index (χ3n) is 6.34. The molecule has 0 spiro atoms. The molecule has 2 aliphatic rings. The average Bonchev–Trinajstić information content (AvgIpc) is 3.41. The van der Waals surface area contributed by atoms with Crippen molar-refractivity contribution in [2.75, 3.05) is 13.1 Å². The molecule has 3 aromatic rings. The number of nitrogens with two attached hydrogens (primary N) is 1. The molecule has 0 bridgehead atoms. The zero-order valence-electron chi connectivity index (χ0n) is 16.8. The summed E-state index contributed by atoms with van der Waals surface area (Å²) in [5.41, 5.74) is 9.87. The zero-order chi connectivity index (χ0) is 20.5. The first-order chi connectivity index (χ1) is 14.7. The third-order valence-corrected chi connectivity index (χ3v) is 6.34. The van der Waals surface area contributed by atoms with Gasteiger partial charge in [0.15, 0.2) is 0 Å². The van der Waals surface area contributed by atoms with Gasteiger partial charge >= 0.3 is 0 Å². The van der Waals surface area contributed by atoms with Crippen molar-refractivity contribution in [3.8, 4) is 11.6 Å². The van der Waals surface area contributed by atoms with Crippen LogP contribution in [0, 0.1) is 0 Å². The number of benzene rings is 2. The minimum Gasteiger partial charge on any atom is -0.439 e. The summed E-state index contributed by atoms with van der Waals surface area (Å²) in [6.45, 7) is 2.28. The van der Waals surface area contributed by atoms with E-state index in [2.05, 4.69) is 52.3 Å². The van der Waals surface area contributed by atoms with Crippen LogP contribution >= 0.6 is 0 Å². The van der Waals surface area contributed by atoms with Crippen molar-refractivity contribution in [1.82, 2.24) is 9.88 Å². The van der Waals surface area contributed by atoms with Crippen LogP contribution in [-0.2, 0) is 6.42 Å². The molecule has 2 unspecified atom stereocenters. The summed E-state index contributed by atoms with van der Waals surface area (Å²) < 4.78 is 5.90. The topological polar surface area (TPSA) is 68.5 Å². The fourth-order valence-electron chi connectivity index (χ4n) is 4.79. The van der Waals surface area contributed by atoms with Gasteiger partial charge < -0.3 is 10.5 Å². The Morgan fingerprint density at radius 2 is 1.93 bits per heavy atom. The molecule has 5 nitrogen and oxygen atoms in total. The van der Waals surface area contributed by atoms with E-state index in [4.69, 9.17) is 10.5 Å². The lowest BCUT2D eigenvalue weighted by Gasteiger charge is -2.25. The number of ether oxygens (including phenoxy) is 1. The minimum atomic E-state index is -0.492. The number of carbonyl (C=O) groups excluding carboxylic acids is 1. The Kier molecular flexibility index (Phi) is 4.97. The molecular weight excluding hydrogens is 374 g/mol. The van der Waals surface area contributed by atoms with Gasteiger partial charge in [0.05, 0.1) is 5.56 Å². The Hall–Kier alpha value is -3.18. The lowest BCUT2D eigenvalue weighted by molar-refractivity contribution is 0.1000. The summed E-state index contributed by atoms with van der Waals surface area (Å²) in [7, 11) is 0. The highest BCUT2D eigenvalue weighted by Crippen LogP contribution is 2.41. The van der Waals surface area contributed by atoms with Crippen molar-refractivity contribution in [1.29, 1.82) is 0 Å². The van der Waals surface area contributed by atoms with Crippen molar-refractivity contribution in [2.24, 2.45) is 5.73 Å². The molecule has 5 rings (SSSR count). The molecule has 2 aromatic carbocycles. The van der Waals surface area contributed by atoms with Crippen LogP contribution in [0.2, 0.25) is 0 Å². The van der Waals surface area contributed by atoms with Crippen LogP contribution in [0.4, 0.5) is 0 Å². The maximum atomic E-state index is 11.2. The number of carbonyl (C=O) groups is 1. The Morgan fingerprint density at radius 3 is 2.70 bits per heavy atom.